The Labute approximate surface area is 216 Å². The van der Waals surface area contributed by atoms with Gasteiger partial charge in [0.1, 0.15) is 18.1 Å². The quantitative estimate of drug-likeness (QED) is 0.134. The summed E-state index contributed by atoms with van der Waals surface area (Å²) in [6.45, 7) is 4.15. The molecule has 12 nitrogen and oxygen atoms in total. The Kier molecular flexibility index (Phi) is 13.9. The van der Waals surface area contributed by atoms with Gasteiger partial charge in [0.2, 0.25) is 17.7 Å². The predicted molar refractivity (Wildman–Crippen MR) is 136 cm³/mol. The molecule has 4 atom stereocenters. The van der Waals surface area contributed by atoms with Gasteiger partial charge in [0.15, 0.2) is 0 Å². The van der Waals surface area contributed by atoms with Gasteiger partial charge in [-0.15, -0.1) is 0 Å². The average Bonchev–Trinajstić information content (AvgIpc) is 2.82. The minimum atomic E-state index is -1.57. The number of aliphatic carboxylic acids is 2. The normalized spacial score (nSPS) is 14.2. The third-order valence-electron chi connectivity index (χ3n) is 5.55. The molecular formula is C25H39N5O7. The number of hydrogen-bond donors (Lipinski definition) is 7. The lowest BCUT2D eigenvalue weighted by Gasteiger charge is -2.25. The Morgan fingerprint density at radius 1 is 0.838 bits per heavy atom. The van der Waals surface area contributed by atoms with Crippen LogP contribution in [-0.2, 0) is 30.4 Å². The van der Waals surface area contributed by atoms with Crippen LogP contribution in [0.15, 0.2) is 30.3 Å². The minimum absolute atomic E-state index is 0.0606. The number of carboxylic acids is 2. The first kappa shape index (κ1) is 31.5. The molecule has 0 aliphatic heterocycles. The Hall–Kier alpha value is -3.51. The molecule has 37 heavy (non-hydrogen) atoms. The Balaban J connectivity index is 3.07. The van der Waals surface area contributed by atoms with E-state index in [1.165, 1.54) is 0 Å². The maximum absolute atomic E-state index is 13.2. The number of amides is 3. The summed E-state index contributed by atoms with van der Waals surface area (Å²) in [7, 11) is 0. The summed E-state index contributed by atoms with van der Waals surface area (Å²) in [6, 6.07) is 3.94. The van der Waals surface area contributed by atoms with E-state index in [1.807, 2.05) is 13.8 Å². The largest absolute Gasteiger partial charge is 0.481 e. The zero-order chi connectivity index (χ0) is 28.0. The first-order valence-corrected chi connectivity index (χ1v) is 12.3. The van der Waals surface area contributed by atoms with Crippen LogP contribution in [0.4, 0.5) is 0 Å². The van der Waals surface area contributed by atoms with Crippen molar-refractivity contribution in [3.63, 3.8) is 0 Å². The maximum atomic E-state index is 13.2. The van der Waals surface area contributed by atoms with Gasteiger partial charge in [0.25, 0.3) is 0 Å². The fourth-order valence-corrected chi connectivity index (χ4v) is 3.63. The number of benzene rings is 1. The molecule has 0 bridgehead atoms. The molecule has 1 aromatic carbocycles. The van der Waals surface area contributed by atoms with E-state index in [0.717, 1.165) is 0 Å². The zero-order valence-electron chi connectivity index (χ0n) is 21.3. The van der Waals surface area contributed by atoms with E-state index in [2.05, 4.69) is 16.0 Å². The molecule has 0 aliphatic carbocycles. The highest BCUT2D eigenvalue weighted by Crippen LogP contribution is 2.08. The topological polar surface area (TPSA) is 214 Å². The number of carbonyl (C=O) groups is 5. The third-order valence-corrected chi connectivity index (χ3v) is 5.55. The van der Waals surface area contributed by atoms with Crippen molar-refractivity contribution in [2.45, 2.75) is 76.5 Å². The van der Waals surface area contributed by atoms with Gasteiger partial charge in [0, 0.05) is 6.42 Å². The van der Waals surface area contributed by atoms with Crippen LogP contribution in [0, 0.1) is 5.92 Å². The van der Waals surface area contributed by atoms with Gasteiger partial charge in [0.05, 0.1) is 12.5 Å². The number of carboxylic acid groups (broad SMARTS) is 2. The summed E-state index contributed by atoms with van der Waals surface area (Å²) in [5, 5.41) is 26.0. The molecule has 1 rings (SSSR count). The smallest absolute Gasteiger partial charge is 0.326 e. The van der Waals surface area contributed by atoms with Crippen LogP contribution >= 0.6 is 0 Å². The molecular weight excluding hydrogens is 482 g/mol. The summed E-state index contributed by atoms with van der Waals surface area (Å²) in [4.78, 5) is 61.6. The van der Waals surface area contributed by atoms with Crippen molar-refractivity contribution < 1.29 is 34.2 Å². The zero-order valence-corrected chi connectivity index (χ0v) is 21.3. The molecule has 4 unspecified atom stereocenters. The second-order valence-corrected chi connectivity index (χ2v) is 9.33. The molecule has 0 saturated carbocycles. The van der Waals surface area contributed by atoms with Gasteiger partial charge in [-0.3, -0.25) is 19.2 Å². The van der Waals surface area contributed by atoms with Crippen LogP contribution in [0.1, 0.15) is 51.5 Å². The van der Waals surface area contributed by atoms with Gasteiger partial charge >= 0.3 is 11.9 Å². The van der Waals surface area contributed by atoms with E-state index in [0.29, 0.717) is 31.4 Å². The van der Waals surface area contributed by atoms with Crippen LogP contribution in [0.3, 0.4) is 0 Å². The van der Waals surface area contributed by atoms with Crippen molar-refractivity contribution in [2.75, 3.05) is 6.54 Å². The second kappa shape index (κ2) is 16.3. The highest BCUT2D eigenvalue weighted by atomic mass is 16.4. The number of rotatable bonds is 17. The lowest BCUT2D eigenvalue weighted by atomic mass is 10.0. The minimum Gasteiger partial charge on any atom is -0.481 e. The molecule has 0 fully saturated rings. The van der Waals surface area contributed by atoms with Gasteiger partial charge in [-0.25, -0.2) is 4.79 Å². The van der Waals surface area contributed by atoms with Gasteiger partial charge in [-0.05, 0) is 43.7 Å². The first-order chi connectivity index (χ1) is 17.4. The molecule has 0 aromatic heterocycles. The van der Waals surface area contributed by atoms with E-state index < -0.39 is 60.2 Å². The number of nitrogens with two attached hydrogens (primary N) is 2. The van der Waals surface area contributed by atoms with Gasteiger partial charge in [-0.2, -0.15) is 0 Å². The van der Waals surface area contributed by atoms with Crippen molar-refractivity contribution in [1.29, 1.82) is 0 Å². The fraction of sp³-hybridized carbons (Fsp3) is 0.560. The molecule has 3 amide bonds. The Morgan fingerprint density at radius 3 is 1.95 bits per heavy atom. The van der Waals surface area contributed by atoms with Crippen LogP contribution in [0.25, 0.3) is 0 Å². The summed E-state index contributed by atoms with van der Waals surface area (Å²) in [5.41, 5.74) is 12.1. The van der Waals surface area contributed by atoms with Crippen molar-refractivity contribution in [1.82, 2.24) is 16.0 Å². The average molecular weight is 522 g/mol. The van der Waals surface area contributed by atoms with Crippen LogP contribution < -0.4 is 27.4 Å². The highest BCUT2D eigenvalue weighted by Gasteiger charge is 2.31. The van der Waals surface area contributed by atoms with Crippen LogP contribution in [0.5, 0.6) is 0 Å². The molecule has 206 valence electrons. The molecule has 0 spiro atoms. The van der Waals surface area contributed by atoms with Crippen molar-refractivity contribution in [3.8, 4) is 0 Å². The number of unbranched alkanes of at least 4 members (excludes halogenated alkanes) is 1. The van der Waals surface area contributed by atoms with E-state index in [4.69, 9.17) is 11.5 Å². The third kappa shape index (κ3) is 12.3. The van der Waals surface area contributed by atoms with E-state index in [-0.39, 0.29) is 18.8 Å². The van der Waals surface area contributed by atoms with Crippen LogP contribution in [-0.4, -0.2) is 70.6 Å². The van der Waals surface area contributed by atoms with Gasteiger partial charge in [-0.1, -0.05) is 44.2 Å². The van der Waals surface area contributed by atoms with E-state index in [9.17, 15) is 34.2 Å². The summed E-state index contributed by atoms with van der Waals surface area (Å²) in [5.74, 6) is -4.85. The predicted octanol–water partition coefficient (Wildman–Crippen LogP) is -0.255. The summed E-state index contributed by atoms with van der Waals surface area (Å²) < 4.78 is 0. The molecule has 0 aliphatic rings. The summed E-state index contributed by atoms with van der Waals surface area (Å²) in [6.07, 6.45) is 0.736. The lowest BCUT2D eigenvalue weighted by molar-refractivity contribution is -0.143. The molecule has 9 N–H and O–H groups in total. The SMILES string of the molecule is CC(C)CC(N)C(=O)NC(Cc1ccccc1)C(=O)NC(CC(=O)O)C(=O)NC(CCCCN)C(=O)O. The lowest BCUT2D eigenvalue weighted by Crippen LogP contribution is -2.58. The Bertz CT molecular complexity index is 910. The highest BCUT2D eigenvalue weighted by molar-refractivity contribution is 5.95. The Morgan fingerprint density at radius 2 is 1.41 bits per heavy atom. The van der Waals surface area contributed by atoms with Crippen molar-refractivity contribution in [3.05, 3.63) is 35.9 Å². The van der Waals surface area contributed by atoms with Crippen molar-refractivity contribution in [2.24, 2.45) is 17.4 Å². The summed E-state index contributed by atoms with van der Waals surface area (Å²) >= 11 is 0. The fourth-order valence-electron chi connectivity index (χ4n) is 3.63. The van der Waals surface area contributed by atoms with Crippen LogP contribution in [0.2, 0.25) is 0 Å². The molecule has 1 aromatic rings. The molecule has 0 radical (unpaired) electrons. The second-order valence-electron chi connectivity index (χ2n) is 9.33. The van der Waals surface area contributed by atoms with E-state index >= 15 is 0 Å². The number of nitrogens with one attached hydrogen (secondary N) is 3. The van der Waals surface area contributed by atoms with E-state index in [1.54, 1.807) is 30.3 Å². The van der Waals surface area contributed by atoms with Crippen molar-refractivity contribution >= 4 is 29.7 Å². The number of carbonyl (C=O) groups excluding carboxylic acids is 3. The maximum Gasteiger partial charge on any atom is 0.326 e. The molecule has 0 heterocycles. The molecule has 0 saturated heterocycles. The first-order valence-electron chi connectivity index (χ1n) is 12.3. The van der Waals surface area contributed by atoms with Gasteiger partial charge < -0.3 is 37.6 Å². The molecule has 12 heteroatoms. The monoisotopic (exact) mass is 521 g/mol. The standard InChI is InChI=1S/C25H39N5O7/c1-15(2)12-17(27)22(33)29-19(13-16-8-4-3-5-9-16)23(34)30-20(14-21(31)32)24(35)28-18(25(36)37)10-6-7-11-26/h3-5,8-9,15,17-20H,6-7,10-14,26-27H2,1-2H3,(H,28,35)(H,29,33)(H,30,34)(H,31,32)(H,36,37). The number of hydrogen-bond acceptors (Lipinski definition) is 7.